The molecule has 1 fully saturated rings. The Morgan fingerprint density at radius 3 is 2.65 bits per heavy atom. The van der Waals surface area contributed by atoms with Crippen molar-refractivity contribution < 1.29 is 0 Å². The average molecular weight is 484 g/mol. The van der Waals surface area contributed by atoms with Crippen LogP contribution in [0.4, 0.5) is 0 Å². The third-order valence-electron chi connectivity index (χ3n) is 4.68. The summed E-state index contributed by atoms with van der Waals surface area (Å²) in [6.45, 7) is 6.18. The van der Waals surface area contributed by atoms with Crippen LogP contribution in [0.1, 0.15) is 34.9 Å². The average Bonchev–Trinajstić information content (AvgIpc) is 3.32. The number of hydrogen-bond acceptors (Lipinski definition) is 3. The molecule has 1 aliphatic rings. The van der Waals surface area contributed by atoms with Gasteiger partial charge in [-0.15, -0.1) is 35.3 Å². The van der Waals surface area contributed by atoms with Gasteiger partial charge in [-0.25, -0.2) is 0 Å². The van der Waals surface area contributed by atoms with Gasteiger partial charge < -0.3 is 10.6 Å². The summed E-state index contributed by atoms with van der Waals surface area (Å²) in [6, 6.07) is 13.4. The summed E-state index contributed by atoms with van der Waals surface area (Å²) in [4.78, 5) is 8.41. The van der Waals surface area contributed by atoms with E-state index in [0.29, 0.717) is 6.04 Å². The minimum Gasteiger partial charge on any atom is -0.354 e. The Balaban J connectivity index is 0.00000243. The largest absolute Gasteiger partial charge is 0.354 e. The highest BCUT2D eigenvalue weighted by molar-refractivity contribution is 14.0. The minimum absolute atomic E-state index is 0. The van der Waals surface area contributed by atoms with Crippen molar-refractivity contribution in [3.8, 4) is 0 Å². The van der Waals surface area contributed by atoms with Gasteiger partial charge >= 0.3 is 0 Å². The van der Waals surface area contributed by atoms with Gasteiger partial charge in [0.1, 0.15) is 0 Å². The van der Waals surface area contributed by atoms with Gasteiger partial charge in [-0.05, 0) is 49.9 Å². The molecular weight excluding hydrogens is 455 g/mol. The Morgan fingerprint density at radius 2 is 2.00 bits per heavy atom. The van der Waals surface area contributed by atoms with E-state index in [0.717, 1.165) is 19.0 Å². The molecule has 0 amide bonds. The fourth-order valence-corrected chi connectivity index (χ4v) is 4.23. The van der Waals surface area contributed by atoms with Gasteiger partial charge in [0.15, 0.2) is 5.96 Å². The van der Waals surface area contributed by atoms with Gasteiger partial charge in [0, 0.05) is 25.0 Å². The van der Waals surface area contributed by atoms with Crippen molar-refractivity contribution in [2.24, 2.45) is 4.99 Å². The summed E-state index contributed by atoms with van der Waals surface area (Å²) in [5.41, 5.74) is 2.56. The van der Waals surface area contributed by atoms with Gasteiger partial charge in [0.25, 0.3) is 0 Å². The molecule has 1 aromatic carbocycles. The van der Waals surface area contributed by atoms with Crippen LogP contribution in [0.5, 0.6) is 0 Å². The Morgan fingerprint density at radius 1 is 1.19 bits per heavy atom. The molecule has 0 bridgehead atoms. The third kappa shape index (κ3) is 5.96. The number of nitrogens with zero attached hydrogens (tertiary/aromatic N) is 2. The fraction of sp³-hybridized carbons (Fsp3) is 0.450. The van der Waals surface area contributed by atoms with E-state index in [4.69, 9.17) is 0 Å². The first-order chi connectivity index (χ1) is 12.3. The normalized spacial score (nSPS) is 16.2. The van der Waals surface area contributed by atoms with Crippen LogP contribution in [-0.2, 0) is 6.54 Å². The maximum atomic E-state index is 4.38. The number of nitrogens with one attached hydrogen (secondary N) is 2. The van der Waals surface area contributed by atoms with Crippen molar-refractivity contribution in [3.63, 3.8) is 0 Å². The van der Waals surface area contributed by atoms with Gasteiger partial charge in [-0.3, -0.25) is 9.89 Å². The zero-order valence-electron chi connectivity index (χ0n) is 15.6. The van der Waals surface area contributed by atoms with E-state index < -0.39 is 0 Å². The highest BCUT2D eigenvalue weighted by Gasteiger charge is 2.24. The van der Waals surface area contributed by atoms with Crippen molar-refractivity contribution in [3.05, 3.63) is 57.8 Å². The Labute approximate surface area is 178 Å². The molecule has 26 heavy (non-hydrogen) atoms. The van der Waals surface area contributed by atoms with Gasteiger partial charge in [0.05, 0.1) is 6.04 Å². The lowest BCUT2D eigenvalue weighted by molar-refractivity contribution is 0.249. The number of aryl methyl sites for hydroxylation is 1. The van der Waals surface area contributed by atoms with Crippen LogP contribution in [-0.4, -0.2) is 37.5 Å². The molecule has 0 aliphatic carbocycles. The van der Waals surface area contributed by atoms with Crippen LogP contribution in [0.3, 0.4) is 0 Å². The standard InChI is InChI=1S/C20H28N4S.HI/c1-16-7-5-8-17(13-16)14-22-20(21-2)23-15-18(19-9-6-12-25-19)24-10-3-4-11-24;/h5-9,12-13,18H,3-4,10-11,14-15H2,1-2H3,(H2,21,22,23);1H. The zero-order chi connectivity index (χ0) is 17.5. The Bertz CT molecular complexity index is 681. The number of halogens is 1. The van der Waals surface area contributed by atoms with Crippen LogP contribution in [0.2, 0.25) is 0 Å². The summed E-state index contributed by atoms with van der Waals surface area (Å²) in [5.74, 6) is 0.863. The topological polar surface area (TPSA) is 39.7 Å². The minimum atomic E-state index is 0. The number of guanidine groups is 1. The predicted octanol–water partition coefficient (Wildman–Crippen LogP) is 4.18. The van der Waals surface area contributed by atoms with Crippen molar-refractivity contribution >= 4 is 41.3 Å². The number of hydrogen-bond donors (Lipinski definition) is 2. The first kappa shape index (κ1) is 21.2. The summed E-state index contributed by atoms with van der Waals surface area (Å²) < 4.78 is 0. The molecule has 1 atom stereocenters. The van der Waals surface area contributed by atoms with E-state index in [1.54, 1.807) is 0 Å². The molecule has 2 N–H and O–H groups in total. The van der Waals surface area contributed by atoms with E-state index in [1.165, 1.54) is 41.9 Å². The lowest BCUT2D eigenvalue weighted by Crippen LogP contribution is -2.42. The fourth-order valence-electron chi connectivity index (χ4n) is 3.37. The van der Waals surface area contributed by atoms with E-state index >= 15 is 0 Å². The zero-order valence-corrected chi connectivity index (χ0v) is 18.7. The van der Waals surface area contributed by atoms with Crippen molar-refractivity contribution in [2.45, 2.75) is 32.4 Å². The molecule has 2 aromatic rings. The number of benzene rings is 1. The van der Waals surface area contributed by atoms with E-state index in [-0.39, 0.29) is 24.0 Å². The summed E-state index contributed by atoms with van der Waals surface area (Å²) in [5, 5.41) is 9.12. The van der Waals surface area contributed by atoms with Crippen LogP contribution in [0.25, 0.3) is 0 Å². The van der Waals surface area contributed by atoms with E-state index in [1.807, 2.05) is 18.4 Å². The Hall–Kier alpha value is -1.12. The molecule has 1 saturated heterocycles. The van der Waals surface area contributed by atoms with Gasteiger partial charge in [-0.1, -0.05) is 35.9 Å². The van der Waals surface area contributed by atoms with E-state index in [2.05, 4.69) is 69.2 Å². The van der Waals surface area contributed by atoms with Crippen LogP contribution < -0.4 is 10.6 Å². The summed E-state index contributed by atoms with van der Waals surface area (Å²) in [7, 11) is 1.83. The molecular formula is C20H29IN4S. The van der Waals surface area contributed by atoms with Crippen molar-refractivity contribution in [2.75, 3.05) is 26.7 Å². The number of aliphatic imine (C=N–C) groups is 1. The lowest BCUT2D eigenvalue weighted by atomic mass is 10.1. The molecule has 142 valence electrons. The molecule has 4 nitrogen and oxygen atoms in total. The predicted molar refractivity (Wildman–Crippen MR) is 123 cm³/mol. The second-order valence-corrected chi connectivity index (χ2v) is 7.55. The highest BCUT2D eigenvalue weighted by Crippen LogP contribution is 2.27. The summed E-state index contributed by atoms with van der Waals surface area (Å²) in [6.07, 6.45) is 2.62. The number of rotatable bonds is 6. The summed E-state index contributed by atoms with van der Waals surface area (Å²) >= 11 is 1.85. The quantitative estimate of drug-likeness (QED) is 0.367. The Kier molecular flexibility index (Phi) is 8.87. The van der Waals surface area contributed by atoms with Crippen LogP contribution >= 0.6 is 35.3 Å². The molecule has 6 heteroatoms. The molecule has 0 spiro atoms. The molecule has 0 saturated carbocycles. The number of likely N-dealkylation sites (tertiary alicyclic amines) is 1. The first-order valence-electron chi connectivity index (χ1n) is 9.04. The maximum Gasteiger partial charge on any atom is 0.191 e. The molecule has 1 unspecified atom stereocenters. The lowest BCUT2D eigenvalue weighted by Gasteiger charge is -2.27. The second-order valence-electron chi connectivity index (χ2n) is 6.57. The van der Waals surface area contributed by atoms with Crippen molar-refractivity contribution in [1.29, 1.82) is 0 Å². The molecule has 0 radical (unpaired) electrons. The monoisotopic (exact) mass is 484 g/mol. The third-order valence-corrected chi connectivity index (χ3v) is 5.66. The maximum absolute atomic E-state index is 4.38. The van der Waals surface area contributed by atoms with Crippen LogP contribution in [0.15, 0.2) is 46.8 Å². The smallest absolute Gasteiger partial charge is 0.191 e. The molecule has 3 rings (SSSR count). The van der Waals surface area contributed by atoms with Crippen molar-refractivity contribution in [1.82, 2.24) is 15.5 Å². The number of thiophene rings is 1. The molecule has 2 heterocycles. The highest BCUT2D eigenvalue weighted by atomic mass is 127. The van der Waals surface area contributed by atoms with E-state index in [9.17, 15) is 0 Å². The molecule has 1 aromatic heterocycles. The molecule has 1 aliphatic heterocycles. The first-order valence-corrected chi connectivity index (χ1v) is 9.92. The SMILES string of the molecule is CN=C(NCc1cccc(C)c1)NCC(c1cccs1)N1CCCC1.I. The van der Waals surface area contributed by atoms with Gasteiger partial charge in [0.2, 0.25) is 0 Å². The van der Waals surface area contributed by atoms with Gasteiger partial charge in [-0.2, -0.15) is 0 Å². The second kappa shape index (κ2) is 10.9. The van der Waals surface area contributed by atoms with Crippen LogP contribution in [0, 0.1) is 6.92 Å².